The Morgan fingerprint density at radius 2 is 1.76 bits per heavy atom. The highest BCUT2D eigenvalue weighted by molar-refractivity contribution is 6.42. The first kappa shape index (κ1) is 19.3. The molecule has 0 fully saturated rings. The quantitative estimate of drug-likeness (QED) is 0.785. The van der Waals surface area contributed by atoms with Crippen LogP contribution >= 0.6 is 23.2 Å². The van der Waals surface area contributed by atoms with E-state index in [4.69, 9.17) is 23.2 Å². The summed E-state index contributed by atoms with van der Waals surface area (Å²) in [4.78, 5) is 26.4. The molecular formula is C19H20Cl2N2O2. The van der Waals surface area contributed by atoms with E-state index >= 15 is 0 Å². The van der Waals surface area contributed by atoms with Crippen LogP contribution in [0.3, 0.4) is 0 Å². The minimum Gasteiger partial charge on any atom is -0.343 e. The summed E-state index contributed by atoms with van der Waals surface area (Å²) in [5.74, 6) is -0.484. The van der Waals surface area contributed by atoms with Gasteiger partial charge in [0.2, 0.25) is 5.91 Å². The van der Waals surface area contributed by atoms with E-state index in [1.165, 1.54) is 6.07 Å². The summed E-state index contributed by atoms with van der Waals surface area (Å²) in [5, 5.41) is 3.32. The van der Waals surface area contributed by atoms with Crippen molar-refractivity contribution in [2.24, 2.45) is 0 Å². The maximum atomic E-state index is 12.5. The molecule has 0 aliphatic rings. The number of hydrogen-bond acceptors (Lipinski definition) is 2. The van der Waals surface area contributed by atoms with Gasteiger partial charge in [-0.05, 0) is 30.2 Å². The lowest BCUT2D eigenvalue weighted by Crippen LogP contribution is -2.40. The first-order valence-electron chi connectivity index (χ1n) is 8.06. The molecule has 0 aliphatic heterocycles. The first-order valence-corrected chi connectivity index (χ1v) is 8.81. The zero-order valence-corrected chi connectivity index (χ0v) is 15.5. The molecule has 0 saturated carbocycles. The smallest absolute Gasteiger partial charge is 0.251 e. The van der Waals surface area contributed by atoms with Gasteiger partial charge in [-0.2, -0.15) is 0 Å². The van der Waals surface area contributed by atoms with Crippen molar-refractivity contribution in [2.45, 2.75) is 19.9 Å². The predicted octanol–water partition coefficient (Wildman–Crippen LogP) is 4.16. The van der Waals surface area contributed by atoms with Crippen LogP contribution in [0.1, 0.15) is 29.3 Å². The summed E-state index contributed by atoms with van der Waals surface area (Å²) in [6, 6.07) is 14.4. The highest BCUT2D eigenvalue weighted by Crippen LogP contribution is 2.22. The molecule has 0 unspecified atom stereocenters. The SMILES string of the molecule is CCCN(Cc1ccccc1)C(=O)CNC(=O)c1ccc(Cl)c(Cl)c1. The summed E-state index contributed by atoms with van der Waals surface area (Å²) >= 11 is 11.8. The monoisotopic (exact) mass is 378 g/mol. The van der Waals surface area contributed by atoms with Crippen LogP contribution in [0.5, 0.6) is 0 Å². The van der Waals surface area contributed by atoms with Gasteiger partial charge in [-0.3, -0.25) is 9.59 Å². The molecule has 6 heteroatoms. The van der Waals surface area contributed by atoms with Crippen molar-refractivity contribution in [3.05, 3.63) is 69.7 Å². The number of carbonyl (C=O) groups excluding carboxylic acids is 2. The molecule has 0 spiro atoms. The standard InChI is InChI=1S/C19H20Cl2N2O2/c1-2-10-23(13-14-6-4-3-5-7-14)18(24)12-22-19(25)15-8-9-16(20)17(21)11-15/h3-9,11H,2,10,12-13H2,1H3,(H,22,25). The number of rotatable bonds is 7. The second-order valence-electron chi connectivity index (χ2n) is 5.61. The van der Waals surface area contributed by atoms with E-state index in [9.17, 15) is 9.59 Å². The Balaban J connectivity index is 1.95. The Kier molecular flexibility index (Phi) is 7.29. The van der Waals surface area contributed by atoms with Crippen molar-refractivity contribution in [1.29, 1.82) is 0 Å². The highest BCUT2D eigenvalue weighted by atomic mass is 35.5. The highest BCUT2D eigenvalue weighted by Gasteiger charge is 2.15. The average Bonchev–Trinajstić information content (AvgIpc) is 2.62. The number of nitrogens with one attached hydrogen (secondary N) is 1. The van der Waals surface area contributed by atoms with E-state index in [-0.39, 0.29) is 18.4 Å². The molecule has 2 rings (SSSR count). The summed E-state index contributed by atoms with van der Waals surface area (Å²) in [6.07, 6.45) is 0.847. The molecular weight excluding hydrogens is 359 g/mol. The molecule has 0 radical (unpaired) electrons. The van der Waals surface area contributed by atoms with Gasteiger partial charge >= 0.3 is 0 Å². The summed E-state index contributed by atoms with van der Waals surface area (Å²) in [5.41, 5.74) is 1.42. The maximum Gasteiger partial charge on any atom is 0.251 e. The van der Waals surface area contributed by atoms with Gasteiger partial charge < -0.3 is 10.2 Å². The van der Waals surface area contributed by atoms with Crippen LogP contribution in [0.15, 0.2) is 48.5 Å². The van der Waals surface area contributed by atoms with Gasteiger partial charge in [0.15, 0.2) is 0 Å². The van der Waals surface area contributed by atoms with Crippen LogP contribution < -0.4 is 5.32 Å². The molecule has 2 amide bonds. The van der Waals surface area contributed by atoms with E-state index in [2.05, 4.69) is 5.32 Å². The van der Waals surface area contributed by atoms with Gasteiger partial charge in [0.05, 0.1) is 16.6 Å². The second-order valence-corrected chi connectivity index (χ2v) is 6.43. The Hall–Kier alpha value is -2.04. The zero-order valence-electron chi connectivity index (χ0n) is 14.0. The van der Waals surface area contributed by atoms with Crippen LogP contribution in [0, 0.1) is 0 Å². The minimum absolute atomic E-state index is 0.0636. The largest absolute Gasteiger partial charge is 0.343 e. The first-order chi connectivity index (χ1) is 12.0. The molecule has 0 saturated heterocycles. The fraction of sp³-hybridized carbons (Fsp3) is 0.263. The third-order valence-corrected chi connectivity index (χ3v) is 4.38. The van der Waals surface area contributed by atoms with Gasteiger partial charge in [-0.15, -0.1) is 0 Å². The Morgan fingerprint density at radius 1 is 1.04 bits per heavy atom. The molecule has 1 N–H and O–H groups in total. The van der Waals surface area contributed by atoms with Crippen molar-refractivity contribution < 1.29 is 9.59 Å². The lowest BCUT2D eigenvalue weighted by Gasteiger charge is -2.22. The number of halogens is 2. The van der Waals surface area contributed by atoms with Gasteiger partial charge in [-0.1, -0.05) is 60.5 Å². The summed E-state index contributed by atoms with van der Waals surface area (Å²) in [7, 11) is 0. The fourth-order valence-corrected chi connectivity index (χ4v) is 2.67. The lowest BCUT2D eigenvalue weighted by atomic mass is 10.2. The maximum absolute atomic E-state index is 12.5. The number of hydrogen-bond donors (Lipinski definition) is 1. The third kappa shape index (κ3) is 5.76. The molecule has 4 nitrogen and oxygen atoms in total. The van der Waals surface area contributed by atoms with Gasteiger partial charge in [0, 0.05) is 18.7 Å². The van der Waals surface area contributed by atoms with Crippen LogP contribution in [0.2, 0.25) is 10.0 Å². The normalized spacial score (nSPS) is 10.4. The second kappa shape index (κ2) is 9.44. The van der Waals surface area contributed by atoms with E-state index in [1.807, 2.05) is 37.3 Å². The molecule has 0 bridgehead atoms. The third-order valence-electron chi connectivity index (χ3n) is 3.64. The van der Waals surface area contributed by atoms with Crippen LogP contribution in [0.4, 0.5) is 0 Å². The molecule has 0 aliphatic carbocycles. The van der Waals surface area contributed by atoms with E-state index < -0.39 is 0 Å². The molecule has 2 aromatic carbocycles. The van der Waals surface area contributed by atoms with Crippen molar-refractivity contribution >= 4 is 35.0 Å². The molecule has 25 heavy (non-hydrogen) atoms. The predicted molar refractivity (Wildman–Crippen MR) is 101 cm³/mol. The van der Waals surface area contributed by atoms with E-state index in [0.29, 0.717) is 28.7 Å². The molecule has 0 atom stereocenters. The number of carbonyl (C=O) groups is 2. The molecule has 132 valence electrons. The van der Waals surface area contributed by atoms with Gasteiger partial charge in [0.25, 0.3) is 5.91 Å². The lowest BCUT2D eigenvalue weighted by molar-refractivity contribution is -0.130. The van der Waals surface area contributed by atoms with Crippen LogP contribution in [0.25, 0.3) is 0 Å². The van der Waals surface area contributed by atoms with Crippen molar-refractivity contribution in [1.82, 2.24) is 10.2 Å². The number of nitrogens with zero attached hydrogens (tertiary/aromatic N) is 1. The molecule has 0 aromatic heterocycles. The Morgan fingerprint density at radius 3 is 2.40 bits per heavy atom. The summed E-state index contributed by atoms with van der Waals surface area (Å²) in [6.45, 7) is 3.11. The molecule has 0 heterocycles. The van der Waals surface area contributed by atoms with E-state index in [0.717, 1.165) is 12.0 Å². The Labute approximate surface area is 157 Å². The minimum atomic E-state index is -0.358. The van der Waals surface area contributed by atoms with Crippen LogP contribution in [-0.2, 0) is 11.3 Å². The topological polar surface area (TPSA) is 49.4 Å². The number of amides is 2. The Bertz CT molecular complexity index is 735. The van der Waals surface area contributed by atoms with Crippen molar-refractivity contribution in [3.63, 3.8) is 0 Å². The van der Waals surface area contributed by atoms with Crippen molar-refractivity contribution in [2.75, 3.05) is 13.1 Å². The zero-order chi connectivity index (χ0) is 18.2. The summed E-state index contributed by atoms with van der Waals surface area (Å²) < 4.78 is 0. The van der Waals surface area contributed by atoms with Gasteiger partial charge in [0.1, 0.15) is 0 Å². The molecule has 2 aromatic rings. The van der Waals surface area contributed by atoms with E-state index in [1.54, 1.807) is 17.0 Å². The fourth-order valence-electron chi connectivity index (χ4n) is 2.37. The van der Waals surface area contributed by atoms with Crippen molar-refractivity contribution in [3.8, 4) is 0 Å². The van der Waals surface area contributed by atoms with Crippen LogP contribution in [-0.4, -0.2) is 29.8 Å². The van der Waals surface area contributed by atoms with Gasteiger partial charge in [-0.25, -0.2) is 0 Å². The average molecular weight is 379 g/mol. The number of benzene rings is 2.